The Morgan fingerprint density at radius 1 is 1.30 bits per heavy atom. The number of nitrogens with one attached hydrogen (secondary N) is 1. The summed E-state index contributed by atoms with van der Waals surface area (Å²) in [7, 11) is 0. The largest absolute Gasteiger partial charge is 0.508 e. The molecule has 6 heteroatoms. The number of thiophene rings is 1. The Balaban J connectivity index is 0.00000156. The van der Waals surface area contributed by atoms with E-state index in [1.165, 1.54) is 16.9 Å². The van der Waals surface area contributed by atoms with E-state index in [0.29, 0.717) is 0 Å². The standard InChI is InChI=1S/C17H17N3OS.ClH/c1-10-5-6-13-14(7-10)22-17-15(13)16(18-9-19-17)20-11-3-2-4-12(21)8-11;/h2-4,8-10,21H,5-7H2,1H3,(H,18,19,20);1H. The Morgan fingerprint density at radius 2 is 2.17 bits per heavy atom. The van der Waals surface area contributed by atoms with Crippen molar-refractivity contribution in [3.8, 4) is 5.75 Å². The first-order valence-electron chi connectivity index (χ1n) is 7.52. The van der Waals surface area contributed by atoms with Gasteiger partial charge in [-0.2, -0.15) is 0 Å². The van der Waals surface area contributed by atoms with Gasteiger partial charge >= 0.3 is 0 Å². The number of aryl methyl sites for hydroxylation is 1. The lowest BCUT2D eigenvalue weighted by atomic mass is 9.89. The molecule has 23 heavy (non-hydrogen) atoms. The van der Waals surface area contributed by atoms with Crippen LogP contribution in [0.5, 0.6) is 5.75 Å². The van der Waals surface area contributed by atoms with Gasteiger partial charge in [-0.3, -0.25) is 0 Å². The van der Waals surface area contributed by atoms with Gasteiger partial charge in [0, 0.05) is 16.6 Å². The summed E-state index contributed by atoms with van der Waals surface area (Å²) >= 11 is 1.79. The topological polar surface area (TPSA) is 58.0 Å². The van der Waals surface area contributed by atoms with Gasteiger partial charge in [-0.15, -0.1) is 23.7 Å². The van der Waals surface area contributed by atoms with Crippen LogP contribution in [0.3, 0.4) is 0 Å². The van der Waals surface area contributed by atoms with E-state index in [1.807, 2.05) is 12.1 Å². The van der Waals surface area contributed by atoms with Crippen LogP contribution >= 0.6 is 23.7 Å². The maximum atomic E-state index is 9.61. The lowest BCUT2D eigenvalue weighted by molar-refractivity contribution is 0.475. The number of phenolic OH excluding ortho intramolecular Hbond substituents is 1. The molecule has 1 aliphatic carbocycles. The molecule has 1 atom stereocenters. The van der Waals surface area contributed by atoms with Crippen molar-refractivity contribution < 1.29 is 5.11 Å². The molecule has 1 unspecified atom stereocenters. The summed E-state index contributed by atoms with van der Waals surface area (Å²) in [5, 5.41) is 14.1. The van der Waals surface area contributed by atoms with Crippen LogP contribution in [0.25, 0.3) is 10.2 Å². The molecule has 0 saturated heterocycles. The predicted molar refractivity (Wildman–Crippen MR) is 97.2 cm³/mol. The molecule has 0 amide bonds. The van der Waals surface area contributed by atoms with Gasteiger partial charge < -0.3 is 10.4 Å². The lowest BCUT2D eigenvalue weighted by Gasteiger charge is -2.18. The third-order valence-corrected chi connectivity index (χ3v) is 5.36. The number of nitrogens with zero attached hydrogens (tertiary/aromatic N) is 2. The second-order valence-corrected chi connectivity index (χ2v) is 7.01. The molecule has 1 aliphatic rings. The highest BCUT2D eigenvalue weighted by molar-refractivity contribution is 7.19. The molecular weight excluding hydrogens is 330 g/mol. The van der Waals surface area contributed by atoms with E-state index >= 15 is 0 Å². The highest BCUT2D eigenvalue weighted by Gasteiger charge is 2.23. The van der Waals surface area contributed by atoms with Crippen molar-refractivity contribution in [1.82, 2.24) is 9.97 Å². The van der Waals surface area contributed by atoms with Crippen LogP contribution in [0, 0.1) is 5.92 Å². The number of hydrogen-bond acceptors (Lipinski definition) is 5. The summed E-state index contributed by atoms with van der Waals surface area (Å²) in [5.74, 6) is 1.83. The highest BCUT2D eigenvalue weighted by Crippen LogP contribution is 2.40. The monoisotopic (exact) mass is 347 g/mol. The molecular formula is C17H18ClN3OS. The van der Waals surface area contributed by atoms with Crippen molar-refractivity contribution in [3.05, 3.63) is 41.0 Å². The Labute approximate surface area is 145 Å². The average Bonchev–Trinajstić information content (AvgIpc) is 2.85. The number of hydrogen-bond donors (Lipinski definition) is 2. The molecule has 0 spiro atoms. The van der Waals surface area contributed by atoms with Crippen molar-refractivity contribution >= 4 is 45.5 Å². The number of benzene rings is 1. The van der Waals surface area contributed by atoms with Gasteiger partial charge in [0.25, 0.3) is 0 Å². The van der Waals surface area contributed by atoms with Crippen molar-refractivity contribution in [1.29, 1.82) is 0 Å². The van der Waals surface area contributed by atoms with E-state index in [0.717, 1.165) is 40.5 Å². The maximum absolute atomic E-state index is 9.61. The molecule has 2 N–H and O–H groups in total. The normalized spacial score (nSPS) is 16.7. The summed E-state index contributed by atoms with van der Waals surface area (Å²) in [5.41, 5.74) is 2.24. The lowest BCUT2D eigenvalue weighted by Crippen LogP contribution is -2.09. The van der Waals surface area contributed by atoms with E-state index in [2.05, 4.69) is 22.2 Å². The van der Waals surface area contributed by atoms with Gasteiger partial charge in [0.2, 0.25) is 0 Å². The molecule has 2 heterocycles. The maximum Gasteiger partial charge on any atom is 0.142 e. The van der Waals surface area contributed by atoms with E-state index in [9.17, 15) is 5.11 Å². The average molecular weight is 348 g/mol. The van der Waals surface area contributed by atoms with E-state index in [1.54, 1.807) is 29.8 Å². The minimum atomic E-state index is 0. The molecule has 0 saturated carbocycles. The van der Waals surface area contributed by atoms with Crippen LogP contribution < -0.4 is 5.32 Å². The molecule has 120 valence electrons. The predicted octanol–water partition coefficient (Wildman–Crippen LogP) is 4.69. The Bertz CT molecular complexity index is 849. The summed E-state index contributed by atoms with van der Waals surface area (Å²) in [4.78, 5) is 11.4. The number of halogens is 1. The van der Waals surface area contributed by atoms with Crippen molar-refractivity contribution in [3.63, 3.8) is 0 Å². The number of anilines is 2. The molecule has 2 aromatic heterocycles. The number of rotatable bonds is 2. The van der Waals surface area contributed by atoms with Gasteiger partial charge in [0.15, 0.2) is 0 Å². The minimum Gasteiger partial charge on any atom is -0.508 e. The summed E-state index contributed by atoms with van der Waals surface area (Å²) in [6.45, 7) is 2.31. The van der Waals surface area contributed by atoms with Crippen molar-refractivity contribution in [2.45, 2.75) is 26.2 Å². The zero-order chi connectivity index (χ0) is 15.1. The molecule has 3 aromatic rings. The van der Waals surface area contributed by atoms with Crippen LogP contribution in [0.15, 0.2) is 30.6 Å². The van der Waals surface area contributed by atoms with E-state index in [4.69, 9.17) is 0 Å². The van der Waals surface area contributed by atoms with Crippen molar-refractivity contribution in [2.75, 3.05) is 5.32 Å². The molecule has 4 nitrogen and oxygen atoms in total. The number of phenols is 1. The van der Waals surface area contributed by atoms with Crippen LogP contribution in [0.4, 0.5) is 11.5 Å². The Kier molecular flexibility index (Phi) is 4.41. The van der Waals surface area contributed by atoms with Gasteiger partial charge in [-0.25, -0.2) is 9.97 Å². The zero-order valence-corrected chi connectivity index (χ0v) is 14.4. The summed E-state index contributed by atoms with van der Waals surface area (Å²) < 4.78 is 0. The molecule has 0 aliphatic heterocycles. The SMILES string of the molecule is CC1CCc2c(sc3ncnc(Nc4cccc(O)c4)c23)C1.Cl. The third-order valence-electron chi connectivity index (χ3n) is 4.20. The van der Waals surface area contributed by atoms with E-state index in [-0.39, 0.29) is 18.2 Å². The van der Waals surface area contributed by atoms with E-state index < -0.39 is 0 Å². The number of fused-ring (bicyclic) bond motifs is 3. The number of aromatic hydroxyl groups is 1. The quantitative estimate of drug-likeness (QED) is 0.706. The van der Waals surface area contributed by atoms with Crippen molar-refractivity contribution in [2.24, 2.45) is 5.92 Å². The first kappa shape index (κ1) is 16.0. The molecule has 1 aromatic carbocycles. The zero-order valence-electron chi connectivity index (χ0n) is 12.7. The Morgan fingerprint density at radius 3 is 3.00 bits per heavy atom. The first-order valence-corrected chi connectivity index (χ1v) is 8.33. The first-order chi connectivity index (χ1) is 10.7. The summed E-state index contributed by atoms with van der Waals surface area (Å²) in [6.07, 6.45) is 5.07. The summed E-state index contributed by atoms with van der Waals surface area (Å²) in [6, 6.07) is 7.11. The molecule has 0 bridgehead atoms. The van der Waals surface area contributed by atoms with Gasteiger partial charge in [0.05, 0.1) is 5.39 Å². The smallest absolute Gasteiger partial charge is 0.142 e. The molecule has 0 fully saturated rings. The molecule has 0 radical (unpaired) electrons. The van der Waals surface area contributed by atoms with Gasteiger partial charge in [-0.1, -0.05) is 13.0 Å². The minimum absolute atomic E-state index is 0. The fourth-order valence-corrected chi connectivity index (χ4v) is 4.44. The third kappa shape index (κ3) is 2.99. The van der Waals surface area contributed by atoms with Gasteiger partial charge in [0.1, 0.15) is 22.7 Å². The molecule has 4 rings (SSSR count). The Hall–Kier alpha value is -1.85. The van der Waals surface area contributed by atoms with Crippen LogP contribution in [-0.4, -0.2) is 15.1 Å². The fraction of sp³-hybridized carbons (Fsp3) is 0.294. The van der Waals surface area contributed by atoms with Gasteiger partial charge in [-0.05, 0) is 42.9 Å². The second-order valence-electron chi connectivity index (χ2n) is 5.93. The fourth-order valence-electron chi connectivity index (χ4n) is 3.09. The second kappa shape index (κ2) is 6.34. The number of aromatic nitrogens is 2. The highest BCUT2D eigenvalue weighted by atomic mass is 35.5. The van der Waals surface area contributed by atoms with Crippen LogP contribution in [0.2, 0.25) is 0 Å². The van der Waals surface area contributed by atoms with Crippen LogP contribution in [0.1, 0.15) is 23.8 Å². The van der Waals surface area contributed by atoms with Crippen LogP contribution in [-0.2, 0) is 12.8 Å².